The molecule has 2 rings (SSSR count). The highest BCUT2D eigenvalue weighted by molar-refractivity contribution is 6.31. The van der Waals surface area contributed by atoms with E-state index in [1.807, 2.05) is 48.7 Å². The first-order chi connectivity index (χ1) is 12.6. The van der Waals surface area contributed by atoms with Gasteiger partial charge in [-0.3, -0.25) is 4.79 Å². The Morgan fingerprint density at radius 2 is 1.92 bits per heavy atom. The summed E-state index contributed by atoms with van der Waals surface area (Å²) in [7, 11) is 0. The number of hydrogen-bond donors (Lipinski definition) is 2. The molecular formula is C20H27ClN4O. The van der Waals surface area contributed by atoms with Gasteiger partial charge in [-0.1, -0.05) is 35.9 Å². The summed E-state index contributed by atoms with van der Waals surface area (Å²) in [4.78, 5) is 16.4. The molecule has 6 heteroatoms. The second-order valence-electron chi connectivity index (χ2n) is 6.08. The van der Waals surface area contributed by atoms with E-state index in [0.29, 0.717) is 6.54 Å². The highest BCUT2D eigenvalue weighted by Crippen LogP contribution is 2.15. The molecule has 0 saturated heterocycles. The van der Waals surface area contributed by atoms with Crippen molar-refractivity contribution in [3.05, 3.63) is 69.1 Å². The quantitative estimate of drug-likeness (QED) is 0.423. The standard InChI is InChI=1S/C20H27ClN4O/c1-3-22-20(24-15-17-10-4-5-11-18(17)21)23-13-6-7-14-25-16(2)9-8-12-19(25)26/h4-5,8-12H,3,6-7,13-15H2,1-2H3,(H2,22,23,24). The fraction of sp³-hybridized carbons (Fsp3) is 0.400. The third-order valence-electron chi connectivity index (χ3n) is 4.08. The first kappa shape index (κ1) is 20.0. The Bertz CT molecular complexity index is 785. The van der Waals surface area contributed by atoms with Crippen LogP contribution in [0.15, 0.2) is 52.3 Å². The van der Waals surface area contributed by atoms with E-state index in [1.165, 1.54) is 0 Å². The van der Waals surface area contributed by atoms with E-state index in [2.05, 4.69) is 15.6 Å². The molecule has 1 aromatic carbocycles. The summed E-state index contributed by atoms with van der Waals surface area (Å²) in [6.45, 7) is 6.87. The molecule has 0 unspecified atom stereocenters. The van der Waals surface area contributed by atoms with Crippen LogP contribution in [-0.2, 0) is 13.1 Å². The van der Waals surface area contributed by atoms with Crippen LogP contribution in [0.4, 0.5) is 0 Å². The summed E-state index contributed by atoms with van der Waals surface area (Å²) in [6.07, 6.45) is 1.89. The number of hydrogen-bond acceptors (Lipinski definition) is 2. The fourth-order valence-corrected chi connectivity index (χ4v) is 2.84. The second kappa shape index (κ2) is 10.7. The zero-order chi connectivity index (χ0) is 18.8. The molecule has 0 amide bonds. The number of aliphatic imine (C=N–C) groups is 1. The minimum absolute atomic E-state index is 0.0626. The Morgan fingerprint density at radius 1 is 1.12 bits per heavy atom. The van der Waals surface area contributed by atoms with Crippen molar-refractivity contribution in [3.63, 3.8) is 0 Å². The van der Waals surface area contributed by atoms with E-state index >= 15 is 0 Å². The van der Waals surface area contributed by atoms with E-state index in [9.17, 15) is 4.79 Å². The highest BCUT2D eigenvalue weighted by atomic mass is 35.5. The van der Waals surface area contributed by atoms with Crippen molar-refractivity contribution < 1.29 is 0 Å². The Kier molecular flexibility index (Phi) is 8.22. The number of pyridine rings is 1. The minimum atomic E-state index is 0.0626. The fourth-order valence-electron chi connectivity index (χ4n) is 2.64. The molecule has 2 aromatic rings. The number of unbranched alkanes of at least 4 members (excludes halogenated alkanes) is 1. The third-order valence-corrected chi connectivity index (χ3v) is 4.45. The van der Waals surface area contributed by atoms with Gasteiger partial charge >= 0.3 is 0 Å². The third kappa shape index (κ3) is 6.23. The SMILES string of the molecule is CCNC(=NCc1ccccc1Cl)NCCCCn1c(C)cccc1=O. The van der Waals surface area contributed by atoms with Crippen LogP contribution in [0.5, 0.6) is 0 Å². The van der Waals surface area contributed by atoms with Crippen molar-refractivity contribution in [1.82, 2.24) is 15.2 Å². The van der Waals surface area contributed by atoms with E-state index in [-0.39, 0.29) is 5.56 Å². The van der Waals surface area contributed by atoms with Crippen molar-refractivity contribution in [2.45, 2.75) is 39.8 Å². The summed E-state index contributed by atoms with van der Waals surface area (Å²) < 4.78 is 1.82. The lowest BCUT2D eigenvalue weighted by Gasteiger charge is -2.12. The molecule has 0 aliphatic carbocycles. The topological polar surface area (TPSA) is 58.4 Å². The van der Waals surface area contributed by atoms with Crippen LogP contribution in [0, 0.1) is 6.92 Å². The molecule has 1 aromatic heterocycles. The van der Waals surface area contributed by atoms with Gasteiger partial charge in [0.1, 0.15) is 0 Å². The molecule has 1 heterocycles. The number of aryl methyl sites for hydroxylation is 1. The zero-order valence-electron chi connectivity index (χ0n) is 15.5. The van der Waals surface area contributed by atoms with Crippen LogP contribution in [-0.4, -0.2) is 23.6 Å². The Hall–Kier alpha value is -2.27. The number of benzene rings is 1. The number of rotatable bonds is 8. The Morgan fingerprint density at radius 3 is 2.65 bits per heavy atom. The van der Waals surface area contributed by atoms with Gasteiger partial charge in [-0.2, -0.15) is 0 Å². The summed E-state index contributed by atoms with van der Waals surface area (Å²) in [5.41, 5.74) is 2.07. The number of guanidine groups is 1. The lowest BCUT2D eigenvalue weighted by molar-refractivity contribution is 0.575. The molecule has 5 nitrogen and oxygen atoms in total. The molecule has 0 aliphatic rings. The van der Waals surface area contributed by atoms with Crippen LogP contribution in [0.3, 0.4) is 0 Å². The smallest absolute Gasteiger partial charge is 0.250 e. The van der Waals surface area contributed by atoms with Crippen molar-refractivity contribution >= 4 is 17.6 Å². The van der Waals surface area contributed by atoms with Gasteiger partial charge in [0.2, 0.25) is 0 Å². The van der Waals surface area contributed by atoms with Crippen molar-refractivity contribution in [2.75, 3.05) is 13.1 Å². The first-order valence-corrected chi connectivity index (χ1v) is 9.41. The molecule has 0 saturated carbocycles. The van der Waals surface area contributed by atoms with Gasteiger partial charge in [0.05, 0.1) is 6.54 Å². The maximum absolute atomic E-state index is 11.9. The Balaban J connectivity index is 1.80. The largest absolute Gasteiger partial charge is 0.357 e. The summed E-state index contributed by atoms with van der Waals surface area (Å²) in [5.74, 6) is 0.778. The predicted octanol–water partition coefficient (Wildman–Crippen LogP) is 3.35. The molecule has 140 valence electrons. The van der Waals surface area contributed by atoms with Crippen LogP contribution < -0.4 is 16.2 Å². The monoisotopic (exact) mass is 374 g/mol. The molecule has 0 atom stereocenters. The van der Waals surface area contributed by atoms with Gasteiger partial charge in [0.15, 0.2) is 5.96 Å². The van der Waals surface area contributed by atoms with Crippen molar-refractivity contribution in [3.8, 4) is 0 Å². The number of nitrogens with zero attached hydrogens (tertiary/aromatic N) is 2. The lowest BCUT2D eigenvalue weighted by atomic mass is 10.2. The molecule has 2 N–H and O–H groups in total. The Labute approximate surface area is 160 Å². The van der Waals surface area contributed by atoms with E-state index < -0.39 is 0 Å². The summed E-state index contributed by atoms with van der Waals surface area (Å²) >= 11 is 6.18. The molecule has 0 fully saturated rings. The average molecular weight is 375 g/mol. The van der Waals surface area contributed by atoms with E-state index in [1.54, 1.807) is 12.1 Å². The van der Waals surface area contributed by atoms with Crippen molar-refractivity contribution in [1.29, 1.82) is 0 Å². The molecular weight excluding hydrogens is 348 g/mol. The lowest BCUT2D eigenvalue weighted by Crippen LogP contribution is -2.37. The predicted molar refractivity (Wildman–Crippen MR) is 109 cm³/mol. The van der Waals surface area contributed by atoms with Crippen LogP contribution >= 0.6 is 11.6 Å². The maximum Gasteiger partial charge on any atom is 0.250 e. The number of halogens is 1. The average Bonchev–Trinajstić information content (AvgIpc) is 2.62. The van der Waals surface area contributed by atoms with Gasteiger partial charge in [-0.15, -0.1) is 0 Å². The van der Waals surface area contributed by atoms with Gasteiger partial charge in [-0.25, -0.2) is 4.99 Å². The molecule has 26 heavy (non-hydrogen) atoms. The van der Waals surface area contributed by atoms with Crippen LogP contribution in [0.1, 0.15) is 31.0 Å². The highest BCUT2D eigenvalue weighted by Gasteiger charge is 2.02. The van der Waals surface area contributed by atoms with Crippen LogP contribution in [0.2, 0.25) is 5.02 Å². The first-order valence-electron chi connectivity index (χ1n) is 9.04. The van der Waals surface area contributed by atoms with E-state index in [0.717, 1.165) is 54.7 Å². The summed E-state index contributed by atoms with van der Waals surface area (Å²) in [6, 6.07) is 13.1. The second-order valence-corrected chi connectivity index (χ2v) is 6.48. The molecule has 0 aliphatic heterocycles. The van der Waals surface area contributed by atoms with Gasteiger partial charge in [-0.05, 0) is 44.4 Å². The maximum atomic E-state index is 11.9. The number of nitrogens with one attached hydrogen (secondary N) is 2. The van der Waals surface area contributed by atoms with Gasteiger partial charge < -0.3 is 15.2 Å². The summed E-state index contributed by atoms with van der Waals surface area (Å²) in [5, 5.41) is 7.31. The van der Waals surface area contributed by atoms with E-state index in [4.69, 9.17) is 11.6 Å². The number of aromatic nitrogens is 1. The minimum Gasteiger partial charge on any atom is -0.357 e. The zero-order valence-corrected chi connectivity index (χ0v) is 16.2. The molecule has 0 spiro atoms. The van der Waals surface area contributed by atoms with Crippen molar-refractivity contribution in [2.24, 2.45) is 4.99 Å². The normalized spacial score (nSPS) is 11.4. The van der Waals surface area contributed by atoms with Crippen LogP contribution in [0.25, 0.3) is 0 Å². The molecule has 0 bridgehead atoms. The van der Waals surface area contributed by atoms with Gasteiger partial charge in [0, 0.05) is 36.4 Å². The van der Waals surface area contributed by atoms with Gasteiger partial charge in [0.25, 0.3) is 5.56 Å². The molecule has 0 radical (unpaired) electrons.